The number of hydrogen-bond donors (Lipinski definition) is 2. The predicted octanol–water partition coefficient (Wildman–Crippen LogP) is 2.54. The Morgan fingerprint density at radius 1 is 1.59 bits per heavy atom. The van der Waals surface area contributed by atoms with Crippen LogP contribution < -0.4 is 5.73 Å². The zero-order chi connectivity index (χ0) is 12.6. The molecular formula is C13H17ClFNO. The first kappa shape index (κ1) is 12.8. The topological polar surface area (TPSA) is 46.2 Å². The zero-order valence-corrected chi connectivity index (χ0v) is 10.5. The second-order valence-corrected chi connectivity index (χ2v) is 5.25. The van der Waals surface area contributed by atoms with E-state index in [0.29, 0.717) is 16.5 Å². The lowest BCUT2D eigenvalue weighted by atomic mass is 9.89. The fourth-order valence-electron chi connectivity index (χ4n) is 2.42. The summed E-state index contributed by atoms with van der Waals surface area (Å²) in [4.78, 5) is 0. The van der Waals surface area contributed by atoms with Gasteiger partial charge in [0.05, 0.1) is 6.10 Å². The molecule has 0 aromatic heterocycles. The molecular weight excluding hydrogens is 241 g/mol. The van der Waals surface area contributed by atoms with Crippen LogP contribution in [-0.4, -0.2) is 17.8 Å². The van der Waals surface area contributed by atoms with Crippen LogP contribution >= 0.6 is 11.6 Å². The molecule has 1 fully saturated rings. The number of benzene rings is 1. The Bertz CT molecular complexity index is 392. The van der Waals surface area contributed by atoms with Gasteiger partial charge in [0.1, 0.15) is 5.82 Å². The summed E-state index contributed by atoms with van der Waals surface area (Å²) in [7, 11) is 0. The first-order valence-electron chi connectivity index (χ1n) is 5.88. The summed E-state index contributed by atoms with van der Waals surface area (Å²) in [5, 5.41) is 10.6. The van der Waals surface area contributed by atoms with E-state index in [4.69, 9.17) is 17.3 Å². The Balaban J connectivity index is 2.28. The summed E-state index contributed by atoms with van der Waals surface area (Å²) < 4.78 is 13.8. The van der Waals surface area contributed by atoms with Crippen molar-refractivity contribution < 1.29 is 9.50 Å². The second-order valence-electron chi connectivity index (χ2n) is 4.84. The molecule has 0 aliphatic heterocycles. The van der Waals surface area contributed by atoms with E-state index in [9.17, 15) is 9.50 Å². The Morgan fingerprint density at radius 3 is 2.71 bits per heavy atom. The van der Waals surface area contributed by atoms with Crippen molar-refractivity contribution >= 4 is 11.6 Å². The minimum Gasteiger partial charge on any atom is -0.392 e. The predicted molar refractivity (Wildman–Crippen MR) is 66.5 cm³/mol. The zero-order valence-electron chi connectivity index (χ0n) is 9.74. The van der Waals surface area contributed by atoms with E-state index in [1.807, 2.05) is 0 Å². The molecule has 4 heteroatoms. The highest BCUT2D eigenvalue weighted by Crippen LogP contribution is 2.45. The van der Waals surface area contributed by atoms with Crippen LogP contribution in [0.3, 0.4) is 0 Å². The molecule has 0 spiro atoms. The number of nitrogens with two attached hydrogens (primary N) is 1. The summed E-state index contributed by atoms with van der Waals surface area (Å²) >= 11 is 6.00. The summed E-state index contributed by atoms with van der Waals surface area (Å²) in [6.45, 7) is 2.27. The molecule has 0 saturated heterocycles. The Morgan fingerprint density at radius 2 is 2.24 bits per heavy atom. The molecule has 94 valence electrons. The van der Waals surface area contributed by atoms with Crippen molar-refractivity contribution in [1.29, 1.82) is 0 Å². The van der Waals surface area contributed by atoms with E-state index in [2.05, 4.69) is 6.92 Å². The summed E-state index contributed by atoms with van der Waals surface area (Å²) in [5.74, 6) is -0.0947. The number of hydrogen-bond acceptors (Lipinski definition) is 2. The van der Waals surface area contributed by atoms with Crippen LogP contribution in [0.25, 0.3) is 0 Å². The normalized spacial score (nSPS) is 26.6. The van der Waals surface area contributed by atoms with Gasteiger partial charge >= 0.3 is 0 Å². The Hall–Kier alpha value is -0.640. The summed E-state index contributed by atoms with van der Waals surface area (Å²) in [6, 6.07) is 4.54. The fourth-order valence-corrected chi connectivity index (χ4v) is 2.72. The quantitative estimate of drug-likeness (QED) is 0.871. The summed E-state index contributed by atoms with van der Waals surface area (Å²) in [5.41, 5.74) is 6.02. The van der Waals surface area contributed by atoms with Gasteiger partial charge in [0.2, 0.25) is 0 Å². The van der Waals surface area contributed by atoms with Crippen LogP contribution in [0, 0.1) is 17.7 Å². The second kappa shape index (κ2) is 4.92. The highest BCUT2D eigenvalue weighted by molar-refractivity contribution is 6.31. The smallest absolute Gasteiger partial charge is 0.128 e. The van der Waals surface area contributed by atoms with Gasteiger partial charge in [-0.25, -0.2) is 4.39 Å². The number of halogens is 2. The lowest BCUT2D eigenvalue weighted by Gasteiger charge is -2.23. The van der Waals surface area contributed by atoms with Crippen molar-refractivity contribution in [2.75, 3.05) is 6.54 Å². The molecule has 1 saturated carbocycles. The van der Waals surface area contributed by atoms with Crippen molar-refractivity contribution in [1.82, 2.24) is 0 Å². The SMILES string of the molecule is CC1CC1C(O)C(CN)c1c(F)cccc1Cl. The van der Waals surface area contributed by atoms with Gasteiger partial charge in [-0.15, -0.1) is 0 Å². The van der Waals surface area contributed by atoms with Crippen LogP contribution in [0.1, 0.15) is 24.8 Å². The lowest BCUT2D eigenvalue weighted by molar-refractivity contribution is 0.116. The first-order valence-corrected chi connectivity index (χ1v) is 6.26. The summed E-state index contributed by atoms with van der Waals surface area (Å²) in [6.07, 6.45) is 0.369. The molecule has 4 unspecified atom stereocenters. The Labute approximate surface area is 106 Å². The molecule has 1 aliphatic rings. The molecule has 0 bridgehead atoms. The largest absolute Gasteiger partial charge is 0.392 e. The molecule has 3 N–H and O–H groups in total. The van der Waals surface area contributed by atoms with Crippen molar-refractivity contribution in [2.24, 2.45) is 17.6 Å². The van der Waals surface area contributed by atoms with Gasteiger partial charge in [0.25, 0.3) is 0 Å². The highest BCUT2D eigenvalue weighted by atomic mass is 35.5. The van der Waals surface area contributed by atoms with Gasteiger partial charge in [-0.05, 0) is 30.4 Å². The third-order valence-corrected chi connectivity index (χ3v) is 3.98. The lowest BCUT2D eigenvalue weighted by Crippen LogP contribution is -2.29. The minimum absolute atomic E-state index is 0.199. The third kappa shape index (κ3) is 2.46. The Kier molecular flexibility index (Phi) is 3.71. The molecule has 0 amide bonds. The average Bonchev–Trinajstić information content (AvgIpc) is 3.00. The van der Waals surface area contributed by atoms with E-state index in [-0.39, 0.29) is 18.3 Å². The van der Waals surface area contributed by atoms with Gasteiger partial charge in [-0.3, -0.25) is 0 Å². The molecule has 0 radical (unpaired) electrons. The molecule has 1 aliphatic carbocycles. The maximum atomic E-state index is 13.8. The highest BCUT2D eigenvalue weighted by Gasteiger charge is 2.43. The molecule has 2 nitrogen and oxygen atoms in total. The van der Waals surface area contributed by atoms with Crippen LogP contribution in [-0.2, 0) is 0 Å². The average molecular weight is 258 g/mol. The standard InChI is InChI=1S/C13H17ClFNO/c1-7-5-8(7)13(17)9(6-16)12-10(14)3-2-4-11(12)15/h2-4,7-9,13,17H,5-6,16H2,1H3. The van der Waals surface area contributed by atoms with Crippen LogP contribution in [0.15, 0.2) is 18.2 Å². The van der Waals surface area contributed by atoms with Crippen LogP contribution in [0.5, 0.6) is 0 Å². The number of aliphatic hydroxyl groups is 1. The van der Waals surface area contributed by atoms with Gasteiger partial charge in [-0.2, -0.15) is 0 Å². The van der Waals surface area contributed by atoms with Crippen LogP contribution in [0.4, 0.5) is 4.39 Å². The monoisotopic (exact) mass is 257 g/mol. The van der Waals surface area contributed by atoms with Gasteiger partial charge < -0.3 is 10.8 Å². The van der Waals surface area contributed by atoms with E-state index >= 15 is 0 Å². The van der Waals surface area contributed by atoms with Crippen molar-refractivity contribution in [3.63, 3.8) is 0 Å². The molecule has 17 heavy (non-hydrogen) atoms. The first-order chi connectivity index (χ1) is 8.06. The van der Waals surface area contributed by atoms with Crippen LogP contribution in [0.2, 0.25) is 5.02 Å². The maximum Gasteiger partial charge on any atom is 0.128 e. The molecule has 1 aromatic rings. The molecule has 1 aromatic carbocycles. The van der Waals surface area contributed by atoms with Gasteiger partial charge in [0.15, 0.2) is 0 Å². The van der Waals surface area contributed by atoms with E-state index in [0.717, 1.165) is 6.42 Å². The van der Waals surface area contributed by atoms with E-state index < -0.39 is 12.0 Å². The van der Waals surface area contributed by atoms with Crippen molar-refractivity contribution in [2.45, 2.75) is 25.4 Å². The number of aliphatic hydroxyl groups excluding tert-OH is 1. The molecule has 0 heterocycles. The maximum absolute atomic E-state index is 13.8. The van der Waals surface area contributed by atoms with E-state index in [1.54, 1.807) is 12.1 Å². The van der Waals surface area contributed by atoms with Gasteiger partial charge in [0, 0.05) is 23.0 Å². The molecule has 4 atom stereocenters. The van der Waals surface area contributed by atoms with E-state index in [1.165, 1.54) is 6.07 Å². The third-order valence-electron chi connectivity index (χ3n) is 3.65. The molecule has 2 rings (SSSR count). The minimum atomic E-state index is -0.607. The van der Waals surface area contributed by atoms with Crippen molar-refractivity contribution in [3.8, 4) is 0 Å². The van der Waals surface area contributed by atoms with Crippen molar-refractivity contribution in [3.05, 3.63) is 34.6 Å². The van der Waals surface area contributed by atoms with Gasteiger partial charge in [-0.1, -0.05) is 24.6 Å². The fraction of sp³-hybridized carbons (Fsp3) is 0.538. The number of rotatable bonds is 4.